The number of likely N-dealkylation sites (tertiary alicyclic amines) is 1. The lowest BCUT2D eigenvalue weighted by Crippen LogP contribution is -2.30. The fourth-order valence-corrected chi connectivity index (χ4v) is 3.07. The summed E-state index contributed by atoms with van der Waals surface area (Å²) in [7, 11) is 1.93. The third-order valence-corrected chi connectivity index (χ3v) is 4.51. The Morgan fingerprint density at radius 1 is 0.955 bits per heavy atom. The van der Waals surface area contributed by atoms with E-state index in [1.165, 1.54) is 70.3 Å². The quantitative estimate of drug-likeness (QED) is 0.655. The van der Waals surface area contributed by atoms with E-state index < -0.39 is 11.6 Å². The van der Waals surface area contributed by atoms with Gasteiger partial charge in [-0.3, -0.25) is 0 Å². The molecule has 0 atom stereocenters. The second kappa shape index (κ2) is 9.09. The van der Waals surface area contributed by atoms with Crippen LogP contribution in [-0.4, -0.2) is 38.1 Å². The van der Waals surface area contributed by atoms with Gasteiger partial charge in [-0.2, -0.15) is 0 Å². The van der Waals surface area contributed by atoms with Crippen LogP contribution >= 0.6 is 0 Å². The van der Waals surface area contributed by atoms with Crippen molar-refractivity contribution in [3.63, 3.8) is 0 Å². The van der Waals surface area contributed by atoms with Crippen molar-refractivity contribution in [3.05, 3.63) is 29.8 Å². The van der Waals surface area contributed by atoms with E-state index in [2.05, 4.69) is 4.90 Å². The average Bonchev–Trinajstić information content (AvgIpc) is 2.54. The number of anilines is 1. The third kappa shape index (κ3) is 5.56. The number of nitrogens with zero attached hydrogens (tertiary/aromatic N) is 2. The SMILES string of the molecule is CN(CCCCCCN1CCCCC1)c1ccc(F)c(F)c1. The first-order chi connectivity index (χ1) is 10.7. The molecule has 124 valence electrons. The van der Waals surface area contributed by atoms with Gasteiger partial charge < -0.3 is 9.80 Å². The Hall–Kier alpha value is -1.16. The Morgan fingerprint density at radius 2 is 1.68 bits per heavy atom. The van der Waals surface area contributed by atoms with Gasteiger partial charge in [0.15, 0.2) is 11.6 Å². The van der Waals surface area contributed by atoms with Gasteiger partial charge in [0.05, 0.1) is 0 Å². The summed E-state index contributed by atoms with van der Waals surface area (Å²) in [4.78, 5) is 4.57. The number of halogens is 2. The van der Waals surface area contributed by atoms with Gasteiger partial charge in [-0.05, 0) is 57.5 Å². The number of benzene rings is 1. The first kappa shape index (κ1) is 17.2. The van der Waals surface area contributed by atoms with E-state index >= 15 is 0 Å². The third-order valence-electron chi connectivity index (χ3n) is 4.51. The summed E-state index contributed by atoms with van der Waals surface area (Å²) in [5.41, 5.74) is 0.743. The van der Waals surface area contributed by atoms with Crippen LogP contribution in [0.1, 0.15) is 44.9 Å². The van der Waals surface area contributed by atoms with Gasteiger partial charge in [-0.1, -0.05) is 19.3 Å². The van der Waals surface area contributed by atoms with Crippen molar-refractivity contribution in [2.45, 2.75) is 44.9 Å². The summed E-state index contributed by atoms with van der Waals surface area (Å²) in [5, 5.41) is 0. The molecule has 4 heteroatoms. The molecule has 2 rings (SSSR count). The van der Waals surface area contributed by atoms with Crippen LogP contribution in [0.3, 0.4) is 0 Å². The number of hydrogen-bond acceptors (Lipinski definition) is 2. The van der Waals surface area contributed by atoms with E-state index in [4.69, 9.17) is 0 Å². The standard InChI is InChI=1S/C18H28F2N2/c1-21(16-9-10-17(19)18(20)15-16)11-5-2-3-6-12-22-13-7-4-8-14-22/h9-10,15H,2-8,11-14H2,1H3. The van der Waals surface area contributed by atoms with Crippen LogP contribution in [0.25, 0.3) is 0 Å². The van der Waals surface area contributed by atoms with Crippen LogP contribution in [0.15, 0.2) is 18.2 Å². The number of rotatable bonds is 8. The molecule has 1 aromatic rings. The van der Waals surface area contributed by atoms with E-state index in [1.807, 2.05) is 11.9 Å². The van der Waals surface area contributed by atoms with E-state index in [0.29, 0.717) is 0 Å². The highest BCUT2D eigenvalue weighted by atomic mass is 19.2. The zero-order chi connectivity index (χ0) is 15.8. The van der Waals surface area contributed by atoms with Crippen molar-refractivity contribution in [2.75, 3.05) is 38.1 Å². The lowest BCUT2D eigenvalue weighted by molar-refractivity contribution is 0.224. The van der Waals surface area contributed by atoms with Crippen LogP contribution in [-0.2, 0) is 0 Å². The smallest absolute Gasteiger partial charge is 0.160 e. The van der Waals surface area contributed by atoms with Crippen molar-refractivity contribution in [2.24, 2.45) is 0 Å². The molecule has 0 unspecified atom stereocenters. The van der Waals surface area contributed by atoms with Gasteiger partial charge in [0.1, 0.15) is 0 Å². The molecule has 1 aliphatic rings. The summed E-state index contributed by atoms with van der Waals surface area (Å²) >= 11 is 0. The molecule has 0 radical (unpaired) electrons. The van der Waals surface area contributed by atoms with Gasteiger partial charge in [-0.15, -0.1) is 0 Å². The Kier molecular flexibility index (Phi) is 7.10. The highest BCUT2D eigenvalue weighted by Gasteiger charge is 2.09. The van der Waals surface area contributed by atoms with Crippen molar-refractivity contribution in [1.29, 1.82) is 0 Å². The molecule has 0 aliphatic carbocycles. The predicted molar refractivity (Wildman–Crippen MR) is 88.4 cm³/mol. The Balaban J connectivity index is 1.56. The van der Waals surface area contributed by atoms with E-state index in [-0.39, 0.29) is 0 Å². The molecular formula is C18H28F2N2. The highest BCUT2D eigenvalue weighted by molar-refractivity contribution is 5.45. The molecule has 0 bridgehead atoms. The monoisotopic (exact) mass is 310 g/mol. The Labute approximate surface area is 133 Å². The molecule has 22 heavy (non-hydrogen) atoms. The summed E-state index contributed by atoms with van der Waals surface area (Å²) in [6, 6.07) is 4.10. The topological polar surface area (TPSA) is 6.48 Å². The minimum Gasteiger partial charge on any atom is -0.375 e. The van der Waals surface area contributed by atoms with E-state index in [0.717, 1.165) is 18.7 Å². The number of piperidine rings is 1. The highest BCUT2D eigenvalue weighted by Crippen LogP contribution is 2.17. The maximum Gasteiger partial charge on any atom is 0.160 e. The fourth-order valence-electron chi connectivity index (χ4n) is 3.07. The zero-order valence-electron chi connectivity index (χ0n) is 13.7. The predicted octanol–water partition coefficient (Wildman–Crippen LogP) is 4.45. The molecule has 2 nitrogen and oxygen atoms in total. The van der Waals surface area contributed by atoms with Crippen molar-refractivity contribution in [3.8, 4) is 0 Å². The van der Waals surface area contributed by atoms with E-state index in [9.17, 15) is 8.78 Å². The van der Waals surface area contributed by atoms with Crippen molar-refractivity contribution in [1.82, 2.24) is 4.90 Å². The normalized spacial score (nSPS) is 16.0. The maximum absolute atomic E-state index is 13.2. The molecule has 0 aromatic heterocycles. The molecule has 1 fully saturated rings. The van der Waals surface area contributed by atoms with Crippen LogP contribution in [0.5, 0.6) is 0 Å². The number of unbranched alkanes of at least 4 members (excludes halogenated alkanes) is 3. The Morgan fingerprint density at radius 3 is 2.41 bits per heavy atom. The summed E-state index contributed by atoms with van der Waals surface area (Å²) in [6.45, 7) is 4.67. The van der Waals surface area contributed by atoms with Crippen molar-refractivity contribution < 1.29 is 8.78 Å². The average molecular weight is 310 g/mol. The molecule has 0 saturated carbocycles. The lowest BCUT2D eigenvalue weighted by atomic mass is 10.1. The van der Waals surface area contributed by atoms with Crippen molar-refractivity contribution >= 4 is 5.69 Å². The first-order valence-electron chi connectivity index (χ1n) is 8.55. The second-order valence-corrected chi connectivity index (χ2v) is 6.34. The number of hydrogen-bond donors (Lipinski definition) is 0. The van der Waals surface area contributed by atoms with Crippen LogP contribution in [0.2, 0.25) is 0 Å². The van der Waals surface area contributed by atoms with Gasteiger partial charge in [0.25, 0.3) is 0 Å². The molecular weight excluding hydrogens is 282 g/mol. The van der Waals surface area contributed by atoms with Gasteiger partial charge in [0.2, 0.25) is 0 Å². The molecule has 0 amide bonds. The first-order valence-corrected chi connectivity index (χ1v) is 8.55. The summed E-state index contributed by atoms with van der Waals surface area (Å²) in [5.74, 6) is -1.55. The Bertz CT molecular complexity index is 445. The van der Waals surface area contributed by atoms with Gasteiger partial charge in [0, 0.05) is 25.3 Å². The second-order valence-electron chi connectivity index (χ2n) is 6.34. The molecule has 1 aromatic carbocycles. The fraction of sp³-hybridized carbons (Fsp3) is 0.667. The molecule has 0 spiro atoms. The molecule has 1 saturated heterocycles. The minimum atomic E-state index is -0.783. The minimum absolute atomic E-state index is 0.743. The maximum atomic E-state index is 13.2. The van der Waals surface area contributed by atoms with Crippen LogP contribution in [0.4, 0.5) is 14.5 Å². The molecule has 1 aliphatic heterocycles. The summed E-state index contributed by atoms with van der Waals surface area (Å²) in [6.07, 6.45) is 8.93. The van der Waals surface area contributed by atoms with Crippen LogP contribution in [0, 0.1) is 11.6 Å². The van der Waals surface area contributed by atoms with Gasteiger partial charge >= 0.3 is 0 Å². The molecule has 1 heterocycles. The summed E-state index contributed by atoms with van der Waals surface area (Å²) < 4.78 is 26.1. The lowest BCUT2D eigenvalue weighted by Gasteiger charge is -2.26. The van der Waals surface area contributed by atoms with Crippen LogP contribution < -0.4 is 4.90 Å². The van der Waals surface area contributed by atoms with E-state index in [1.54, 1.807) is 6.07 Å². The zero-order valence-corrected chi connectivity index (χ0v) is 13.7. The van der Waals surface area contributed by atoms with Gasteiger partial charge in [-0.25, -0.2) is 8.78 Å². The molecule has 0 N–H and O–H groups in total. The largest absolute Gasteiger partial charge is 0.375 e.